The first-order chi connectivity index (χ1) is 14.1. The summed E-state index contributed by atoms with van der Waals surface area (Å²) in [5.41, 5.74) is 5.02. The van der Waals surface area contributed by atoms with Gasteiger partial charge in [0.15, 0.2) is 0 Å². The number of aryl methyl sites for hydroxylation is 1. The van der Waals surface area contributed by atoms with Crippen LogP contribution in [0.25, 0.3) is 22.4 Å². The maximum atomic E-state index is 12.5. The smallest absolute Gasteiger partial charge is 0.256 e. The highest BCUT2D eigenvalue weighted by atomic mass is 35.5. The van der Waals surface area contributed by atoms with Gasteiger partial charge in [-0.3, -0.25) is 4.79 Å². The Bertz CT molecular complexity index is 1300. The lowest BCUT2D eigenvalue weighted by atomic mass is 10.0. The highest BCUT2D eigenvalue weighted by molar-refractivity contribution is 6.36. The van der Waals surface area contributed by atoms with E-state index in [2.05, 4.69) is 34.7 Å². The Kier molecular flexibility index (Phi) is 4.22. The number of halogens is 1. The summed E-state index contributed by atoms with van der Waals surface area (Å²) >= 11 is 6.71. The minimum absolute atomic E-state index is 0.122. The summed E-state index contributed by atoms with van der Waals surface area (Å²) in [6.45, 7) is 2.48. The van der Waals surface area contributed by atoms with Gasteiger partial charge in [-0.05, 0) is 35.4 Å². The van der Waals surface area contributed by atoms with Crippen molar-refractivity contribution in [1.29, 1.82) is 0 Å². The van der Waals surface area contributed by atoms with Crippen LogP contribution in [0.3, 0.4) is 0 Å². The number of hydrogen-bond acceptors (Lipinski definition) is 2. The van der Waals surface area contributed by atoms with E-state index in [1.54, 1.807) is 4.68 Å². The van der Waals surface area contributed by atoms with Crippen LogP contribution in [0.5, 0.6) is 0 Å². The Hall–Kier alpha value is -3.37. The highest BCUT2D eigenvalue weighted by Crippen LogP contribution is 2.35. The minimum atomic E-state index is -0.122. The van der Waals surface area contributed by atoms with Crippen LogP contribution in [0.1, 0.15) is 22.4 Å². The third-order valence-corrected chi connectivity index (χ3v) is 5.71. The molecule has 142 valence electrons. The molecule has 1 aromatic heterocycles. The second-order valence-electron chi connectivity index (χ2n) is 7.14. The van der Waals surface area contributed by atoms with Gasteiger partial charge in [-0.15, -0.1) is 0 Å². The summed E-state index contributed by atoms with van der Waals surface area (Å²) in [5.74, 6) is -0.122. The third kappa shape index (κ3) is 3.02. The zero-order chi connectivity index (χ0) is 20.0. The number of anilines is 1. The Balaban J connectivity index is 1.56. The number of rotatable bonds is 3. The number of aromatic nitrogens is 2. The van der Waals surface area contributed by atoms with Gasteiger partial charge in [-0.1, -0.05) is 72.3 Å². The molecule has 4 aromatic rings. The zero-order valence-corrected chi connectivity index (χ0v) is 16.6. The van der Waals surface area contributed by atoms with E-state index in [1.807, 2.05) is 55.5 Å². The molecule has 0 saturated carbocycles. The van der Waals surface area contributed by atoms with Gasteiger partial charge in [0.05, 0.1) is 12.2 Å². The van der Waals surface area contributed by atoms with Gasteiger partial charge >= 0.3 is 0 Å². The average Bonchev–Trinajstić information content (AvgIpc) is 3.19. The van der Waals surface area contributed by atoms with Crippen molar-refractivity contribution in [3.8, 4) is 0 Å². The third-order valence-electron chi connectivity index (χ3n) is 5.31. The lowest BCUT2D eigenvalue weighted by molar-refractivity contribution is -0.110. The van der Waals surface area contributed by atoms with Crippen molar-refractivity contribution in [2.75, 3.05) is 5.32 Å². The number of para-hydroxylation sites is 1. The molecule has 3 aromatic carbocycles. The number of fused-ring (bicyclic) bond motifs is 2. The molecular weight excluding hydrogens is 382 g/mol. The predicted octanol–water partition coefficient (Wildman–Crippen LogP) is 5.54. The second kappa shape index (κ2) is 6.90. The van der Waals surface area contributed by atoms with Crippen molar-refractivity contribution in [3.63, 3.8) is 0 Å². The molecule has 5 rings (SSSR count). The topological polar surface area (TPSA) is 46.9 Å². The van der Waals surface area contributed by atoms with Crippen LogP contribution in [0, 0.1) is 6.92 Å². The molecular formula is C24H18ClN3O. The standard InChI is InChI=1S/C24H18ClN3O/c1-15-20(13-21-19-11-4-5-12-22(19)26-24(21)29)23(25)28(27-15)14-17-9-6-8-16-7-2-3-10-18(16)17/h2-13H,14H2,1H3,(H,26,29). The first-order valence-corrected chi connectivity index (χ1v) is 9.81. The van der Waals surface area contributed by atoms with Crippen LogP contribution in [-0.4, -0.2) is 15.7 Å². The van der Waals surface area contributed by atoms with E-state index in [-0.39, 0.29) is 5.91 Å². The largest absolute Gasteiger partial charge is 0.321 e. The molecule has 1 aliphatic heterocycles. The molecule has 0 aliphatic carbocycles. The summed E-state index contributed by atoms with van der Waals surface area (Å²) < 4.78 is 1.80. The van der Waals surface area contributed by atoms with E-state index >= 15 is 0 Å². The second-order valence-corrected chi connectivity index (χ2v) is 7.50. The lowest BCUT2D eigenvalue weighted by Crippen LogP contribution is -2.04. The molecule has 0 saturated heterocycles. The van der Waals surface area contributed by atoms with Crippen LogP contribution < -0.4 is 5.32 Å². The van der Waals surface area contributed by atoms with Gasteiger partial charge < -0.3 is 5.32 Å². The fourth-order valence-electron chi connectivity index (χ4n) is 3.85. The molecule has 0 spiro atoms. The van der Waals surface area contributed by atoms with E-state index < -0.39 is 0 Å². The molecule has 0 atom stereocenters. The summed E-state index contributed by atoms with van der Waals surface area (Å²) in [6, 6.07) is 22.2. The SMILES string of the molecule is Cc1nn(Cc2cccc3ccccc23)c(Cl)c1C=C1C(=O)Nc2ccccc21. The zero-order valence-electron chi connectivity index (χ0n) is 15.8. The van der Waals surface area contributed by atoms with Crippen LogP contribution in [-0.2, 0) is 11.3 Å². The number of amides is 1. The Morgan fingerprint density at radius 1 is 1.03 bits per heavy atom. The molecule has 0 unspecified atom stereocenters. The van der Waals surface area contributed by atoms with Crippen LogP contribution >= 0.6 is 11.6 Å². The van der Waals surface area contributed by atoms with Gasteiger partial charge in [0, 0.05) is 22.4 Å². The van der Waals surface area contributed by atoms with Gasteiger partial charge in [-0.25, -0.2) is 4.68 Å². The maximum absolute atomic E-state index is 12.5. The molecule has 1 aliphatic rings. The minimum Gasteiger partial charge on any atom is -0.321 e. The number of hydrogen-bond donors (Lipinski definition) is 1. The number of nitrogens with zero attached hydrogens (tertiary/aromatic N) is 2. The Morgan fingerprint density at radius 2 is 1.79 bits per heavy atom. The molecule has 0 fully saturated rings. The van der Waals surface area contributed by atoms with Crippen molar-refractivity contribution in [2.45, 2.75) is 13.5 Å². The fraction of sp³-hybridized carbons (Fsp3) is 0.0833. The van der Waals surface area contributed by atoms with E-state index in [4.69, 9.17) is 11.6 Å². The van der Waals surface area contributed by atoms with E-state index in [1.165, 1.54) is 10.8 Å². The van der Waals surface area contributed by atoms with E-state index in [0.717, 1.165) is 28.1 Å². The lowest BCUT2D eigenvalue weighted by Gasteiger charge is -2.08. The average molecular weight is 400 g/mol. The van der Waals surface area contributed by atoms with Crippen LogP contribution in [0.15, 0.2) is 66.7 Å². The number of nitrogens with one attached hydrogen (secondary N) is 1. The van der Waals surface area contributed by atoms with Crippen molar-refractivity contribution in [3.05, 3.63) is 94.3 Å². The summed E-state index contributed by atoms with van der Waals surface area (Å²) in [6.07, 6.45) is 1.84. The molecule has 2 heterocycles. The van der Waals surface area contributed by atoms with Crippen LogP contribution in [0.2, 0.25) is 5.15 Å². The fourth-order valence-corrected chi connectivity index (χ4v) is 4.14. The Morgan fingerprint density at radius 3 is 2.69 bits per heavy atom. The van der Waals surface area contributed by atoms with E-state index in [0.29, 0.717) is 17.3 Å². The predicted molar refractivity (Wildman–Crippen MR) is 118 cm³/mol. The van der Waals surface area contributed by atoms with Gasteiger partial charge in [0.25, 0.3) is 5.91 Å². The highest BCUT2D eigenvalue weighted by Gasteiger charge is 2.25. The quantitative estimate of drug-likeness (QED) is 0.460. The number of benzene rings is 3. The molecule has 1 amide bonds. The number of carbonyl (C=O) groups is 1. The van der Waals surface area contributed by atoms with Gasteiger partial charge in [0.2, 0.25) is 0 Å². The molecule has 0 bridgehead atoms. The van der Waals surface area contributed by atoms with Gasteiger partial charge in [-0.2, -0.15) is 5.10 Å². The summed E-state index contributed by atoms with van der Waals surface area (Å²) in [4.78, 5) is 12.5. The molecule has 1 N–H and O–H groups in total. The van der Waals surface area contributed by atoms with E-state index in [9.17, 15) is 4.79 Å². The first kappa shape index (κ1) is 17.7. The molecule has 29 heavy (non-hydrogen) atoms. The Labute approximate surface area is 173 Å². The molecule has 0 radical (unpaired) electrons. The monoisotopic (exact) mass is 399 g/mol. The molecule has 4 nitrogen and oxygen atoms in total. The normalized spacial score (nSPS) is 14.4. The van der Waals surface area contributed by atoms with Crippen molar-refractivity contribution in [2.24, 2.45) is 0 Å². The molecule has 5 heteroatoms. The van der Waals surface area contributed by atoms with Crippen molar-refractivity contribution in [1.82, 2.24) is 9.78 Å². The van der Waals surface area contributed by atoms with Crippen molar-refractivity contribution >= 4 is 45.6 Å². The first-order valence-electron chi connectivity index (χ1n) is 9.44. The van der Waals surface area contributed by atoms with Crippen LogP contribution in [0.4, 0.5) is 5.69 Å². The summed E-state index contributed by atoms with van der Waals surface area (Å²) in [5, 5.41) is 10.4. The number of carbonyl (C=O) groups excluding carboxylic acids is 1. The maximum Gasteiger partial charge on any atom is 0.256 e. The van der Waals surface area contributed by atoms with Gasteiger partial charge in [0.1, 0.15) is 5.15 Å². The summed E-state index contributed by atoms with van der Waals surface area (Å²) in [7, 11) is 0. The van der Waals surface area contributed by atoms with Crippen molar-refractivity contribution < 1.29 is 4.79 Å².